The fraction of sp³-hybridized carbons (Fsp3) is 0.722. The SMILES string of the molecule is CCCCC(=O)NC1(C(F)(F)F)C(=O)N(CC2CCCO2)C(C)=C1C(=O)OC. The van der Waals surface area contributed by atoms with Crippen LogP contribution in [-0.2, 0) is 23.9 Å². The highest BCUT2D eigenvalue weighted by atomic mass is 19.4. The number of alkyl halides is 3. The van der Waals surface area contributed by atoms with Crippen LogP contribution in [0.4, 0.5) is 13.2 Å². The maximum atomic E-state index is 14.2. The molecule has 0 aliphatic carbocycles. The molecular formula is C18H25F3N2O5. The van der Waals surface area contributed by atoms with Crippen molar-refractivity contribution in [3.63, 3.8) is 0 Å². The Kier molecular flexibility index (Phi) is 6.74. The summed E-state index contributed by atoms with van der Waals surface area (Å²) in [7, 11) is 0.926. The number of hydrogen-bond donors (Lipinski definition) is 1. The Morgan fingerprint density at radius 2 is 2.07 bits per heavy atom. The van der Waals surface area contributed by atoms with Gasteiger partial charge in [-0.2, -0.15) is 13.2 Å². The van der Waals surface area contributed by atoms with Gasteiger partial charge in [0.05, 0.1) is 19.8 Å². The quantitative estimate of drug-likeness (QED) is 0.655. The average molecular weight is 406 g/mol. The second-order valence-electron chi connectivity index (χ2n) is 6.90. The molecule has 0 aromatic carbocycles. The average Bonchev–Trinajstić information content (AvgIpc) is 3.21. The molecule has 1 N–H and O–H groups in total. The van der Waals surface area contributed by atoms with E-state index in [0.29, 0.717) is 25.9 Å². The van der Waals surface area contributed by atoms with E-state index in [1.54, 1.807) is 6.92 Å². The van der Waals surface area contributed by atoms with E-state index in [1.807, 2.05) is 5.32 Å². The molecule has 1 saturated heterocycles. The lowest BCUT2D eigenvalue weighted by atomic mass is 9.89. The molecule has 2 amide bonds. The van der Waals surface area contributed by atoms with Gasteiger partial charge in [-0.1, -0.05) is 13.3 Å². The number of amides is 2. The fourth-order valence-electron chi connectivity index (χ4n) is 3.54. The third-order valence-electron chi connectivity index (χ3n) is 5.02. The Morgan fingerprint density at radius 1 is 1.39 bits per heavy atom. The number of methoxy groups -OCH3 is 1. The number of ether oxygens (including phenoxy) is 2. The summed E-state index contributed by atoms with van der Waals surface area (Å²) in [6.07, 6.45) is -3.60. The van der Waals surface area contributed by atoms with Crippen LogP contribution in [0.3, 0.4) is 0 Å². The smallest absolute Gasteiger partial charge is 0.425 e. The van der Waals surface area contributed by atoms with Gasteiger partial charge in [-0.15, -0.1) is 0 Å². The Labute approximate surface area is 161 Å². The van der Waals surface area contributed by atoms with E-state index in [0.717, 1.165) is 18.4 Å². The predicted octanol–water partition coefficient (Wildman–Crippen LogP) is 2.06. The number of nitrogens with one attached hydrogen (secondary N) is 1. The van der Waals surface area contributed by atoms with Gasteiger partial charge in [0.15, 0.2) is 0 Å². The van der Waals surface area contributed by atoms with Gasteiger partial charge in [0.1, 0.15) is 5.57 Å². The van der Waals surface area contributed by atoms with Crippen molar-refractivity contribution >= 4 is 17.8 Å². The first-order chi connectivity index (χ1) is 13.1. The Morgan fingerprint density at radius 3 is 2.57 bits per heavy atom. The second-order valence-corrected chi connectivity index (χ2v) is 6.90. The molecular weight excluding hydrogens is 381 g/mol. The van der Waals surface area contributed by atoms with Gasteiger partial charge in [0, 0.05) is 18.7 Å². The molecule has 2 aliphatic rings. The number of carbonyl (C=O) groups is 3. The van der Waals surface area contributed by atoms with Gasteiger partial charge >= 0.3 is 12.1 Å². The number of hydrogen-bond acceptors (Lipinski definition) is 5. The largest absolute Gasteiger partial charge is 0.466 e. The zero-order valence-corrected chi connectivity index (χ0v) is 16.1. The second kappa shape index (κ2) is 8.50. The van der Waals surface area contributed by atoms with Gasteiger partial charge in [-0.05, 0) is 26.2 Å². The van der Waals surface area contributed by atoms with Crippen molar-refractivity contribution in [2.45, 2.75) is 63.8 Å². The van der Waals surface area contributed by atoms with Crippen LogP contribution in [0.2, 0.25) is 0 Å². The topological polar surface area (TPSA) is 84.9 Å². The lowest BCUT2D eigenvalue weighted by Gasteiger charge is -2.33. The lowest BCUT2D eigenvalue weighted by Crippen LogP contribution is -2.66. The molecule has 10 heteroatoms. The molecule has 0 bridgehead atoms. The maximum absolute atomic E-state index is 14.2. The summed E-state index contributed by atoms with van der Waals surface area (Å²) in [6.45, 7) is 3.34. The van der Waals surface area contributed by atoms with E-state index in [2.05, 4.69) is 4.74 Å². The van der Waals surface area contributed by atoms with Crippen molar-refractivity contribution in [1.29, 1.82) is 0 Å². The van der Waals surface area contributed by atoms with Crippen molar-refractivity contribution in [1.82, 2.24) is 10.2 Å². The van der Waals surface area contributed by atoms with Crippen LogP contribution in [-0.4, -0.2) is 60.8 Å². The number of allylic oxidation sites excluding steroid dienone is 1. The first-order valence-electron chi connectivity index (χ1n) is 9.21. The first-order valence-corrected chi connectivity index (χ1v) is 9.21. The van der Waals surface area contributed by atoms with Crippen molar-refractivity contribution in [2.75, 3.05) is 20.3 Å². The van der Waals surface area contributed by atoms with E-state index < -0.39 is 41.2 Å². The summed E-state index contributed by atoms with van der Waals surface area (Å²) in [5.74, 6) is -3.69. The summed E-state index contributed by atoms with van der Waals surface area (Å²) in [5.41, 5.74) is -4.57. The van der Waals surface area contributed by atoms with E-state index >= 15 is 0 Å². The molecule has 2 aliphatic heterocycles. The number of esters is 1. The van der Waals surface area contributed by atoms with Crippen molar-refractivity contribution in [3.8, 4) is 0 Å². The summed E-state index contributed by atoms with van der Waals surface area (Å²) < 4.78 is 52.6. The fourth-order valence-corrected chi connectivity index (χ4v) is 3.54. The molecule has 2 heterocycles. The highest BCUT2D eigenvalue weighted by molar-refractivity contribution is 6.10. The van der Waals surface area contributed by atoms with Crippen LogP contribution >= 0.6 is 0 Å². The normalized spacial score (nSPS) is 25.4. The minimum atomic E-state index is -5.23. The van der Waals surface area contributed by atoms with Crippen LogP contribution in [0.25, 0.3) is 0 Å². The predicted molar refractivity (Wildman–Crippen MR) is 91.9 cm³/mol. The molecule has 0 spiro atoms. The molecule has 0 radical (unpaired) electrons. The third-order valence-corrected chi connectivity index (χ3v) is 5.02. The highest BCUT2D eigenvalue weighted by Gasteiger charge is 2.70. The number of nitrogens with zero attached hydrogens (tertiary/aromatic N) is 1. The number of carbonyl (C=O) groups excluding carboxylic acids is 3. The third kappa shape index (κ3) is 3.87. The van der Waals surface area contributed by atoms with Crippen LogP contribution in [0.5, 0.6) is 0 Å². The van der Waals surface area contributed by atoms with E-state index in [4.69, 9.17) is 4.74 Å². The molecule has 2 rings (SSSR count). The molecule has 0 saturated carbocycles. The summed E-state index contributed by atoms with van der Waals surface area (Å²) >= 11 is 0. The molecule has 2 atom stereocenters. The molecule has 0 aromatic heterocycles. The van der Waals surface area contributed by atoms with Crippen molar-refractivity contribution < 1.29 is 37.0 Å². The molecule has 158 valence electrons. The van der Waals surface area contributed by atoms with Crippen molar-refractivity contribution in [3.05, 3.63) is 11.3 Å². The Bertz CT molecular complexity index is 671. The van der Waals surface area contributed by atoms with Gasteiger partial charge in [0.2, 0.25) is 11.4 Å². The molecule has 1 fully saturated rings. The number of rotatable bonds is 7. The molecule has 0 aromatic rings. The van der Waals surface area contributed by atoms with Crippen LogP contribution in [0.1, 0.15) is 46.0 Å². The molecule has 7 nitrogen and oxygen atoms in total. The molecule has 2 unspecified atom stereocenters. The highest BCUT2D eigenvalue weighted by Crippen LogP contribution is 2.45. The zero-order chi connectivity index (χ0) is 21.1. The van der Waals surface area contributed by atoms with Crippen molar-refractivity contribution in [2.24, 2.45) is 0 Å². The van der Waals surface area contributed by atoms with Gasteiger partial charge in [-0.25, -0.2) is 4.79 Å². The summed E-state index contributed by atoms with van der Waals surface area (Å²) in [4.78, 5) is 38.3. The van der Waals surface area contributed by atoms with E-state index in [1.165, 1.54) is 6.92 Å². The summed E-state index contributed by atoms with van der Waals surface area (Å²) in [5, 5.41) is 1.81. The number of halogens is 3. The molecule has 28 heavy (non-hydrogen) atoms. The lowest BCUT2D eigenvalue weighted by molar-refractivity contribution is -0.196. The van der Waals surface area contributed by atoms with E-state index in [-0.39, 0.29) is 18.7 Å². The van der Waals surface area contributed by atoms with Crippen LogP contribution in [0.15, 0.2) is 11.3 Å². The van der Waals surface area contributed by atoms with Gasteiger partial charge in [0.25, 0.3) is 5.91 Å². The van der Waals surface area contributed by atoms with Gasteiger partial charge < -0.3 is 19.7 Å². The summed E-state index contributed by atoms with van der Waals surface area (Å²) in [6, 6.07) is 0. The number of unbranched alkanes of at least 4 members (excludes halogenated alkanes) is 1. The minimum Gasteiger partial charge on any atom is -0.466 e. The Balaban J connectivity index is 2.51. The van der Waals surface area contributed by atoms with E-state index in [9.17, 15) is 27.6 Å². The first kappa shape index (κ1) is 22.2. The zero-order valence-electron chi connectivity index (χ0n) is 16.1. The van der Waals surface area contributed by atoms with Crippen LogP contribution < -0.4 is 5.32 Å². The van der Waals surface area contributed by atoms with Crippen LogP contribution in [0, 0.1) is 0 Å². The van der Waals surface area contributed by atoms with Gasteiger partial charge in [-0.3, -0.25) is 9.59 Å². The standard InChI is InChI=1S/C18H25F3N2O5/c1-4-5-8-13(24)22-17(18(19,20)21)14(15(25)27-3)11(2)23(16(17)26)10-12-7-6-9-28-12/h12H,4-10H2,1-3H3,(H,22,24). The monoisotopic (exact) mass is 406 g/mol. The Hall–Kier alpha value is -2.10. The minimum absolute atomic E-state index is 0.131. The maximum Gasteiger partial charge on any atom is 0.425 e.